The van der Waals surface area contributed by atoms with Gasteiger partial charge in [0.05, 0.1) is 10.7 Å². The van der Waals surface area contributed by atoms with Crippen LogP contribution < -0.4 is 0 Å². The Balaban J connectivity index is 0.000000753. The van der Waals surface area contributed by atoms with Gasteiger partial charge >= 0.3 is 0 Å². The van der Waals surface area contributed by atoms with Crippen LogP contribution in [0.3, 0.4) is 0 Å². The van der Waals surface area contributed by atoms with Crippen LogP contribution in [0.15, 0.2) is 37.5 Å². The number of ether oxygens (including phenoxy) is 2. The van der Waals surface area contributed by atoms with Gasteiger partial charge in [0.25, 0.3) is 0 Å². The first kappa shape index (κ1) is 17.7. The van der Waals surface area contributed by atoms with Crippen LogP contribution in [0.5, 0.6) is 0 Å². The average Bonchev–Trinajstić information content (AvgIpc) is 3.21. The summed E-state index contributed by atoms with van der Waals surface area (Å²) in [4.78, 5) is 0. The summed E-state index contributed by atoms with van der Waals surface area (Å²) in [5, 5.41) is 0. The van der Waals surface area contributed by atoms with E-state index in [1.54, 1.807) is 5.57 Å². The van der Waals surface area contributed by atoms with E-state index in [-0.39, 0.29) is 11.5 Å². The van der Waals surface area contributed by atoms with E-state index in [0.717, 1.165) is 6.42 Å². The third-order valence-corrected chi connectivity index (χ3v) is 9.13. The number of rotatable bonds is 1. The van der Waals surface area contributed by atoms with Gasteiger partial charge in [-0.2, -0.15) is 0 Å². The molecule has 128 valence electrons. The molecule has 2 aliphatic heterocycles. The molecular weight excluding hydrogens is 324 g/mol. The van der Waals surface area contributed by atoms with E-state index in [0.29, 0.717) is 10.7 Å². The number of fused-ring (bicyclic) bond motifs is 2. The van der Waals surface area contributed by atoms with Crippen molar-refractivity contribution >= 4 is 23.5 Å². The Morgan fingerprint density at radius 1 is 1.22 bits per heavy atom. The topological polar surface area (TPSA) is 18.5 Å². The monoisotopic (exact) mass is 352 g/mol. The van der Waals surface area contributed by atoms with Gasteiger partial charge in [0.2, 0.25) is 0 Å². The van der Waals surface area contributed by atoms with E-state index in [4.69, 9.17) is 9.47 Å². The predicted octanol–water partition coefficient (Wildman–Crippen LogP) is 5.17. The molecule has 1 unspecified atom stereocenters. The summed E-state index contributed by atoms with van der Waals surface area (Å²) in [5.74, 6) is 2.19. The van der Waals surface area contributed by atoms with Gasteiger partial charge in [-0.25, -0.2) is 0 Å². The zero-order valence-electron chi connectivity index (χ0n) is 14.1. The van der Waals surface area contributed by atoms with Gasteiger partial charge in [-0.1, -0.05) is 24.6 Å². The van der Waals surface area contributed by atoms with E-state index >= 15 is 0 Å². The molecule has 0 N–H and O–H groups in total. The summed E-state index contributed by atoms with van der Waals surface area (Å²) >= 11 is 4.29. The minimum Gasteiger partial charge on any atom is -0.346 e. The Morgan fingerprint density at radius 2 is 1.96 bits per heavy atom. The molecule has 4 rings (SSSR count). The SMILES string of the molecule is C=C.C=C[C@@H]1COC2(CCCC3=CC4(CC[C@@]32C)SCCS4)O1. The molecule has 2 aliphatic carbocycles. The van der Waals surface area contributed by atoms with Crippen molar-refractivity contribution in [2.75, 3.05) is 18.1 Å². The number of hydrogen-bond donors (Lipinski definition) is 0. The van der Waals surface area contributed by atoms with Crippen molar-refractivity contribution in [2.24, 2.45) is 5.41 Å². The second kappa shape index (κ2) is 6.62. The second-order valence-electron chi connectivity index (χ2n) is 6.82. The van der Waals surface area contributed by atoms with Crippen molar-refractivity contribution in [2.45, 2.75) is 55.0 Å². The highest BCUT2D eigenvalue weighted by Crippen LogP contribution is 2.62. The van der Waals surface area contributed by atoms with Crippen molar-refractivity contribution in [1.29, 1.82) is 0 Å². The molecule has 0 aromatic heterocycles. The highest BCUT2D eigenvalue weighted by atomic mass is 32.2. The molecule has 0 amide bonds. The average molecular weight is 353 g/mol. The molecule has 2 saturated heterocycles. The van der Waals surface area contributed by atoms with Gasteiger partial charge in [0.1, 0.15) is 6.10 Å². The molecule has 0 radical (unpaired) electrons. The Kier molecular flexibility index (Phi) is 5.09. The van der Waals surface area contributed by atoms with Crippen molar-refractivity contribution in [3.05, 3.63) is 37.5 Å². The van der Waals surface area contributed by atoms with E-state index in [9.17, 15) is 0 Å². The Morgan fingerprint density at radius 3 is 2.61 bits per heavy atom. The van der Waals surface area contributed by atoms with Crippen LogP contribution in [0.25, 0.3) is 0 Å². The molecule has 1 saturated carbocycles. The molecule has 3 fully saturated rings. The second-order valence-corrected chi connectivity index (χ2v) is 9.93. The molecule has 4 heteroatoms. The normalized spacial score (nSPS) is 41.1. The van der Waals surface area contributed by atoms with Crippen LogP contribution in [0, 0.1) is 5.41 Å². The van der Waals surface area contributed by atoms with E-state index < -0.39 is 5.79 Å². The van der Waals surface area contributed by atoms with Crippen LogP contribution in [-0.2, 0) is 9.47 Å². The quantitative estimate of drug-likeness (QED) is 0.606. The van der Waals surface area contributed by atoms with Crippen LogP contribution in [0.2, 0.25) is 0 Å². The van der Waals surface area contributed by atoms with Crippen LogP contribution in [0.4, 0.5) is 0 Å². The Labute approximate surface area is 149 Å². The van der Waals surface area contributed by atoms with E-state index in [1.807, 2.05) is 6.08 Å². The summed E-state index contributed by atoms with van der Waals surface area (Å²) in [5.41, 5.74) is 1.64. The van der Waals surface area contributed by atoms with Crippen molar-refractivity contribution in [1.82, 2.24) is 0 Å². The fourth-order valence-electron chi connectivity index (χ4n) is 4.42. The van der Waals surface area contributed by atoms with Gasteiger partial charge in [0, 0.05) is 23.3 Å². The maximum Gasteiger partial charge on any atom is 0.178 e. The highest BCUT2D eigenvalue weighted by Gasteiger charge is 2.60. The summed E-state index contributed by atoms with van der Waals surface area (Å²) in [7, 11) is 0. The maximum absolute atomic E-state index is 6.37. The van der Waals surface area contributed by atoms with Crippen molar-refractivity contribution in [3.63, 3.8) is 0 Å². The molecule has 0 aromatic carbocycles. The molecule has 0 bridgehead atoms. The summed E-state index contributed by atoms with van der Waals surface area (Å²) in [6, 6.07) is 0. The van der Waals surface area contributed by atoms with E-state index in [2.05, 4.69) is 56.3 Å². The standard InChI is InChI=1S/C17H24O2S2.C2H4/c1-3-14-12-18-17(19-14)6-4-5-13-11-16(20-9-10-21-16)8-7-15(13,17)2;1-2/h3,11,14H,1,4-10,12H2,2H3;1-2H2/t14-,15+,17?;/m1./s1. The molecule has 2 heterocycles. The summed E-state index contributed by atoms with van der Waals surface area (Å²) in [6.07, 6.45) is 10.4. The summed E-state index contributed by atoms with van der Waals surface area (Å²) < 4.78 is 13.0. The minimum atomic E-state index is -0.397. The summed E-state index contributed by atoms with van der Waals surface area (Å²) in [6.45, 7) is 12.9. The first-order chi connectivity index (χ1) is 11.1. The third kappa shape index (κ3) is 2.76. The van der Waals surface area contributed by atoms with Crippen LogP contribution in [0.1, 0.15) is 39.0 Å². The molecule has 2 spiro atoms. The predicted molar refractivity (Wildman–Crippen MR) is 102 cm³/mol. The molecule has 3 atom stereocenters. The first-order valence-corrected chi connectivity index (χ1v) is 10.5. The fraction of sp³-hybridized carbons (Fsp3) is 0.684. The number of hydrogen-bond acceptors (Lipinski definition) is 4. The molecule has 0 aromatic rings. The molecule has 23 heavy (non-hydrogen) atoms. The highest BCUT2D eigenvalue weighted by molar-refractivity contribution is 8.21. The Bertz CT molecular complexity index is 498. The van der Waals surface area contributed by atoms with Crippen LogP contribution >= 0.6 is 23.5 Å². The maximum atomic E-state index is 6.37. The van der Waals surface area contributed by atoms with Gasteiger partial charge in [0.15, 0.2) is 5.79 Å². The smallest absolute Gasteiger partial charge is 0.178 e. The van der Waals surface area contributed by atoms with Gasteiger partial charge in [-0.3, -0.25) is 0 Å². The van der Waals surface area contributed by atoms with Crippen molar-refractivity contribution < 1.29 is 9.47 Å². The van der Waals surface area contributed by atoms with E-state index in [1.165, 1.54) is 37.2 Å². The van der Waals surface area contributed by atoms with Gasteiger partial charge in [-0.15, -0.1) is 43.3 Å². The lowest BCUT2D eigenvalue weighted by molar-refractivity contribution is -0.242. The van der Waals surface area contributed by atoms with Gasteiger partial charge in [-0.05, 0) is 25.7 Å². The van der Waals surface area contributed by atoms with Gasteiger partial charge < -0.3 is 9.47 Å². The third-order valence-electron chi connectivity index (χ3n) is 5.73. The Hall–Kier alpha value is -0.160. The van der Waals surface area contributed by atoms with Crippen molar-refractivity contribution in [3.8, 4) is 0 Å². The minimum absolute atomic E-state index is 0.0535. The molecule has 2 nitrogen and oxygen atoms in total. The lowest BCUT2D eigenvalue weighted by Crippen LogP contribution is -2.53. The molecule has 4 aliphatic rings. The lowest BCUT2D eigenvalue weighted by Gasteiger charge is -2.53. The fourth-order valence-corrected chi connectivity index (χ4v) is 7.55. The van der Waals surface area contributed by atoms with Crippen LogP contribution in [-0.4, -0.2) is 34.1 Å². The lowest BCUT2D eigenvalue weighted by atomic mass is 9.62. The molecular formula is C19H28O2S2. The zero-order valence-corrected chi connectivity index (χ0v) is 15.8. The largest absolute Gasteiger partial charge is 0.346 e. The zero-order chi connectivity index (χ0) is 16.6. The first-order valence-electron chi connectivity index (χ1n) is 8.56. The number of thioether (sulfide) groups is 2.